The van der Waals surface area contributed by atoms with Gasteiger partial charge in [0, 0.05) is 4.88 Å². The maximum absolute atomic E-state index is 11.0. The molecule has 2 N–H and O–H groups in total. The van der Waals surface area contributed by atoms with Crippen LogP contribution >= 0.6 is 11.3 Å². The number of rotatable bonds is 0. The molecule has 13 heavy (non-hydrogen) atoms. The SMILES string of the molecule is Cc1sc2[nH]c(=O)c(=O)[nH]c2c1C. The Bertz CT molecular complexity index is 576. The summed E-state index contributed by atoms with van der Waals surface area (Å²) in [5.74, 6) is 0. The lowest BCUT2D eigenvalue weighted by atomic mass is 10.3. The molecule has 2 aromatic rings. The summed E-state index contributed by atoms with van der Waals surface area (Å²) in [4.78, 5) is 28.9. The number of H-pyrrole nitrogens is 2. The van der Waals surface area contributed by atoms with Crippen LogP contribution in [-0.4, -0.2) is 9.97 Å². The summed E-state index contributed by atoms with van der Waals surface area (Å²) in [5, 5.41) is 0. The van der Waals surface area contributed by atoms with Crippen molar-refractivity contribution in [3.8, 4) is 0 Å². The molecule has 2 aromatic heterocycles. The van der Waals surface area contributed by atoms with E-state index in [4.69, 9.17) is 0 Å². The van der Waals surface area contributed by atoms with E-state index in [1.165, 1.54) is 11.3 Å². The highest BCUT2D eigenvalue weighted by Crippen LogP contribution is 2.24. The summed E-state index contributed by atoms with van der Waals surface area (Å²) in [5.41, 5.74) is 0.586. The van der Waals surface area contributed by atoms with Crippen LogP contribution in [0.1, 0.15) is 10.4 Å². The van der Waals surface area contributed by atoms with E-state index in [2.05, 4.69) is 9.97 Å². The highest BCUT2D eigenvalue weighted by molar-refractivity contribution is 7.18. The second-order valence-electron chi connectivity index (χ2n) is 2.90. The van der Waals surface area contributed by atoms with E-state index in [-0.39, 0.29) is 0 Å². The van der Waals surface area contributed by atoms with E-state index in [1.807, 2.05) is 13.8 Å². The standard InChI is InChI=1S/C8H8N2O2S/c1-3-4(2)13-8-5(3)9-6(11)7(12)10-8/h1-2H3,(H,9,11)(H,10,12). The van der Waals surface area contributed by atoms with E-state index in [0.717, 1.165) is 20.8 Å². The third kappa shape index (κ3) is 1.12. The summed E-state index contributed by atoms with van der Waals surface area (Å²) in [6.07, 6.45) is 0. The van der Waals surface area contributed by atoms with Crippen molar-refractivity contribution in [1.29, 1.82) is 0 Å². The van der Waals surface area contributed by atoms with Gasteiger partial charge in [0.2, 0.25) is 0 Å². The van der Waals surface area contributed by atoms with Gasteiger partial charge in [0.1, 0.15) is 4.83 Å². The van der Waals surface area contributed by atoms with E-state index >= 15 is 0 Å². The topological polar surface area (TPSA) is 65.7 Å². The first-order valence-corrected chi connectivity index (χ1v) is 4.63. The fraction of sp³-hybridized carbons (Fsp3) is 0.250. The number of hydrogen-bond donors (Lipinski definition) is 2. The smallest absolute Gasteiger partial charge is 0.314 e. The Morgan fingerprint density at radius 2 is 1.69 bits per heavy atom. The van der Waals surface area contributed by atoms with Crippen LogP contribution < -0.4 is 11.1 Å². The largest absolute Gasteiger partial charge is 0.315 e. The minimum atomic E-state index is -0.589. The van der Waals surface area contributed by atoms with Crippen LogP contribution in [0.5, 0.6) is 0 Å². The molecule has 0 radical (unpaired) electrons. The fourth-order valence-corrected chi connectivity index (χ4v) is 2.21. The lowest BCUT2D eigenvalue weighted by molar-refractivity contribution is 1.15. The lowest BCUT2D eigenvalue weighted by Crippen LogP contribution is -2.28. The highest BCUT2D eigenvalue weighted by Gasteiger charge is 2.07. The van der Waals surface area contributed by atoms with Gasteiger partial charge < -0.3 is 9.97 Å². The third-order valence-corrected chi connectivity index (χ3v) is 3.18. The number of fused-ring (bicyclic) bond motifs is 1. The Balaban J connectivity index is 3.06. The Labute approximate surface area is 77.2 Å². The van der Waals surface area contributed by atoms with Crippen LogP contribution in [0, 0.1) is 13.8 Å². The van der Waals surface area contributed by atoms with Crippen LogP contribution in [0.25, 0.3) is 10.3 Å². The van der Waals surface area contributed by atoms with Crippen molar-refractivity contribution in [3.63, 3.8) is 0 Å². The minimum Gasteiger partial charge on any atom is -0.315 e. The average molecular weight is 196 g/mol. The maximum atomic E-state index is 11.0. The molecule has 4 nitrogen and oxygen atoms in total. The quantitative estimate of drug-likeness (QED) is 0.615. The Hall–Kier alpha value is -1.36. The van der Waals surface area contributed by atoms with Crippen molar-refractivity contribution in [2.45, 2.75) is 13.8 Å². The molecule has 0 amide bonds. The Morgan fingerprint density at radius 1 is 1.08 bits per heavy atom. The maximum Gasteiger partial charge on any atom is 0.314 e. The monoisotopic (exact) mass is 196 g/mol. The average Bonchev–Trinajstić information content (AvgIpc) is 2.32. The molecule has 2 heterocycles. The molecular formula is C8H8N2O2S. The van der Waals surface area contributed by atoms with Gasteiger partial charge in [-0.1, -0.05) is 0 Å². The van der Waals surface area contributed by atoms with Gasteiger partial charge in [0.25, 0.3) is 0 Å². The molecule has 68 valence electrons. The first-order valence-electron chi connectivity index (χ1n) is 3.82. The fourth-order valence-electron chi connectivity index (χ4n) is 1.20. The van der Waals surface area contributed by atoms with Gasteiger partial charge >= 0.3 is 11.1 Å². The van der Waals surface area contributed by atoms with Gasteiger partial charge in [-0.25, -0.2) is 0 Å². The molecule has 5 heteroatoms. The molecule has 0 spiro atoms. The molecule has 0 atom stereocenters. The van der Waals surface area contributed by atoms with Crippen molar-refractivity contribution in [2.75, 3.05) is 0 Å². The summed E-state index contributed by atoms with van der Waals surface area (Å²) >= 11 is 1.48. The second-order valence-corrected chi connectivity index (χ2v) is 4.12. The number of aromatic nitrogens is 2. The van der Waals surface area contributed by atoms with Crippen LogP contribution in [-0.2, 0) is 0 Å². The highest BCUT2D eigenvalue weighted by atomic mass is 32.1. The molecule has 0 aliphatic carbocycles. The first kappa shape index (κ1) is 8.25. The number of aryl methyl sites for hydroxylation is 2. The van der Waals surface area contributed by atoms with Crippen LogP contribution in [0.2, 0.25) is 0 Å². The third-order valence-electron chi connectivity index (χ3n) is 2.06. The van der Waals surface area contributed by atoms with Crippen LogP contribution in [0.3, 0.4) is 0 Å². The lowest BCUT2D eigenvalue weighted by Gasteiger charge is -1.89. The summed E-state index contributed by atoms with van der Waals surface area (Å²) in [6, 6.07) is 0. The summed E-state index contributed by atoms with van der Waals surface area (Å²) in [7, 11) is 0. The number of hydrogen-bond acceptors (Lipinski definition) is 3. The van der Waals surface area contributed by atoms with Crippen LogP contribution in [0.15, 0.2) is 9.59 Å². The van der Waals surface area contributed by atoms with Gasteiger partial charge in [0.05, 0.1) is 5.52 Å². The number of nitrogens with one attached hydrogen (secondary N) is 2. The van der Waals surface area contributed by atoms with E-state index in [1.54, 1.807) is 0 Å². The summed E-state index contributed by atoms with van der Waals surface area (Å²) in [6.45, 7) is 3.87. The Kier molecular flexibility index (Phi) is 1.63. The molecule has 0 bridgehead atoms. The zero-order valence-corrected chi connectivity index (χ0v) is 8.04. The van der Waals surface area contributed by atoms with Gasteiger partial charge in [-0.15, -0.1) is 11.3 Å². The van der Waals surface area contributed by atoms with Crippen molar-refractivity contribution in [3.05, 3.63) is 31.1 Å². The molecule has 0 aromatic carbocycles. The second kappa shape index (κ2) is 2.56. The number of thiophene rings is 1. The van der Waals surface area contributed by atoms with E-state index in [0.29, 0.717) is 0 Å². The first-order chi connectivity index (χ1) is 6.09. The van der Waals surface area contributed by atoms with Crippen molar-refractivity contribution < 1.29 is 0 Å². The van der Waals surface area contributed by atoms with Gasteiger partial charge in [-0.05, 0) is 19.4 Å². The zero-order valence-electron chi connectivity index (χ0n) is 7.22. The van der Waals surface area contributed by atoms with Crippen molar-refractivity contribution in [1.82, 2.24) is 9.97 Å². The molecule has 0 unspecified atom stereocenters. The molecule has 0 aliphatic heterocycles. The molecule has 0 saturated carbocycles. The molecule has 2 rings (SSSR count). The van der Waals surface area contributed by atoms with Gasteiger partial charge in [0.15, 0.2) is 0 Å². The Morgan fingerprint density at radius 3 is 2.38 bits per heavy atom. The minimum absolute atomic E-state index is 0.589. The van der Waals surface area contributed by atoms with E-state index in [9.17, 15) is 9.59 Å². The zero-order chi connectivity index (χ0) is 9.59. The predicted octanol–water partition coefficient (Wildman–Crippen LogP) is 0.895. The van der Waals surface area contributed by atoms with Crippen molar-refractivity contribution in [2.24, 2.45) is 0 Å². The van der Waals surface area contributed by atoms with E-state index < -0.39 is 11.1 Å². The number of aromatic amines is 2. The molecule has 0 fully saturated rings. The molecule has 0 aliphatic rings. The van der Waals surface area contributed by atoms with Crippen LogP contribution in [0.4, 0.5) is 0 Å². The molecule has 0 saturated heterocycles. The predicted molar refractivity (Wildman–Crippen MR) is 52.5 cm³/mol. The van der Waals surface area contributed by atoms with Gasteiger partial charge in [-0.3, -0.25) is 9.59 Å². The molecular weight excluding hydrogens is 188 g/mol. The van der Waals surface area contributed by atoms with Gasteiger partial charge in [-0.2, -0.15) is 0 Å². The van der Waals surface area contributed by atoms with Crippen molar-refractivity contribution >= 4 is 21.7 Å². The normalized spacial score (nSPS) is 10.9. The summed E-state index contributed by atoms with van der Waals surface area (Å²) < 4.78 is 0.